The zero-order valence-electron chi connectivity index (χ0n) is 14.7. The van der Waals surface area contributed by atoms with E-state index in [1.807, 2.05) is 0 Å². The van der Waals surface area contributed by atoms with E-state index in [1.165, 1.54) is 25.3 Å². The lowest BCUT2D eigenvalue weighted by atomic mass is 10.3. The lowest BCUT2D eigenvalue weighted by molar-refractivity contribution is -0.140. The third-order valence-electron chi connectivity index (χ3n) is 3.83. The molecule has 0 fully saturated rings. The lowest BCUT2D eigenvalue weighted by Gasteiger charge is -2.05. The first-order valence-corrected chi connectivity index (χ1v) is 11.8. The summed E-state index contributed by atoms with van der Waals surface area (Å²) in [6, 6.07) is 5.70. The number of nitrogens with two attached hydrogens (primary N) is 1. The Labute approximate surface area is 183 Å². The van der Waals surface area contributed by atoms with Crippen molar-refractivity contribution < 1.29 is 22.7 Å². The fraction of sp³-hybridized carbons (Fsp3) is 0.188. The highest BCUT2D eigenvalue weighted by molar-refractivity contribution is 7.89. The van der Waals surface area contributed by atoms with Gasteiger partial charge in [0.1, 0.15) is 4.34 Å². The highest BCUT2D eigenvalue weighted by atomic mass is 35.5. The monoisotopic (exact) mass is 493 g/mol. The molecule has 0 aliphatic heterocycles. The van der Waals surface area contributed by atoms with Crippen LogP contribution < -0.4 is 9.94 Å². The molecule has 0 spiro atoms. The van der Waals surface area contributed by atoms with Gasteiger partial charge in [-0.05, 0) is 24.3 Å². The molecule has 0 bridgehead atoms. The summed E-state index contributed by atoms with van der Waals surface area (Å²) in [5, 5.41) is 5.19. The number of hydrogen-bond donors (Lipinski definition) is 1. The van der Waals surface area contributed by atoms with Crippen molar-refractivity contribution in [2.24, 2.45) is 10.1 Å². The number of sulfonamides is 1. The highest BCUT2D eigenvalue weighted by Crippen LogP contribution is 2.31. The minimum atomic E-state index is -3.90. The summed E-state index contributed by atoms with van der Waals surface area (Å²) in [7, 11) is -2.63. The molecule has 0 radical (unpaired) electrons. The Morgan fingerprint density at radius 2 is 1.97 bits per heavy atom. The molecular formula is C16H13Cl2N3O5S3. The molecule has 1 amide bonds. The predicted octanol–water partition coefficient (Wildman–Crippen LogP) is 3.02. The van der Waals surface area contributed by atoms with Crippen molar-refractivity contribution in [3.05, 3.63) is 43.3 Å². The SMILES string of the molecule is COC(=O)CCn1c(=NC(=O)c2cc(Cl)sc2Cl)sc2cc(S(N)(=O)=O)ccc21. The van der Waals surface area contributed by atoms with Crippen LogP contribution in [0.4, 0.5) is 0 Å². The minimum Gasteiger partial charge on any atom is -0.469 e. The Hall–Kier alpha value is -1.76. The number of thiazole rings is 1. The second-order valence-corrected chi connectivity index (χ2v) is 10.5. The third-order valence-corrected chi connectivity index (χ3v) is 7.27. The summed E-state index contributed by atoms with van der Waals surface area (Å²) < 4.78 is 30.6. The molecule has 2 N–H and O–H groups in total. The fourth-order valence-electron chi connectivity index (χ4n) is 2.47. The van der Waals surface area contributed by atoms with Crippen LogP contribution in [0.25, 0.3) is 10.2 Å². The zero-order valence-corrected chi connectivity index (χ0v) is 18.7. The molecule has 154 valence electrons. The number of esters is 1. The van der Waals surface area contributed by atoms with Crippen molar-refractivity contribution in [2.75, 3.05) is 7.11 Å². The molecule has 2 heterocycles. The van der Waals surface area contributed by atoms with Gasteiger partial charge < -0.3 is 9.30 Å². The number of benzene rings is 1. The molecule has 0 aliphatic carbocycles. The van der Waals surface area contributed by atoms with Gasteiger partial charge in [-0.1, -0.05) is 34.5 Å². The van der Waals surface area contributed by atoms with Crippen LogP contribution in [0.5, 0.6) is 0 Å². The largest absolute Gasteiger partial charge is 0.469 e. The molecule has 8 nitrogen and oxygen atoms in total. The number of carbonyl (C=O) groups excluding carboxylic acids is 2. The average Bonchev–Trinajstić information content (AvgIpc) is 3.16. The molecule has 3 aromatic rings. The van der Waals surface area contributed by atoms with Crippen molar-refractivity contribution in [1.29, 1.82) is 0 Å². The topological polar surface area (TPSA) is 121 Å². The summed E-state index contributed by atoms with van der Waals surface area (Å²) in [5.41, 5.74) is 0.746. The molecule has 13 heteroatoms. The van der Waals surface area contributed by atoms with Gasteiger partial charge >= 0.3 is 5.97 Å². The lowest BCUT2D eigenvalue weighted by Crippen LogP contribution is -2.19. The van der Waals surface area contributed by atoms with E-state index < -0.39 is 21.9 Å². The molecule has 0 atom stereocenters. The van der Waals surface area contributed by atoms with Crippen molar-refractivity contribution >= 4 is 78.0 Å². The number of carbonyl (C=O) groups is 2. The van der Waals surface area contributed by atoms with Gasteiger partial charge in [0.25, 0.3) is 5.91 Å². The Kier molecular flexibility index (Phi) is 6.46. The number of aromatic nitrogens is 1. The van der Waals surface area contributed by atoms with E-state index in [0.717, 1.165) is 22.7 Å². The summed E-state index contributed by atoms with van der Waals surface area (Å²) in [5.74, 6) is -1.05. The van der Waals surface area contributed by atoms with E-state index >= 15 is 0 Å². The smallest absolute Gasteiger partial charge is 0.307 e. The third kappa shape index (κ3) is 4.87. The van der Waals surface area contributed by atoms with Crippen molar-refractivity contribution in [1.82, 2.24) is 4.57 Å². The minimum absolute atomic E-state index is 0.0334. The molecule has 29 heavy (non-hydrogen) atoms. The molecule has 0 saturated carbocycles. The summed E-state index contributed by atoms with van der Waals surface area (Å²) in [6.45, 7) is 0.172. The van der Waals surface area contributed by atoms with Crippen molar-refractivity contribution in [3.8, 4) is 0 Å². The Morgan fingerprint density at radius 3 is 2.55 bits per heavy atom. The van der Waals surface area contributed by atoms with Gasteiger partial charge in [0.05, 0.1) is 38.5 Å². The summed E-state index contributed by atoms with van der Waals surface area (Å²) in [4.78, 5) is 28.5. The summed E-state index contributed by atoms with van der Waals surface area (Å²) in [6.07, 6.45) is 0.0334. The molecule has 2 aromatic heterocycles. The second kappa shape index (κ2) is 8.54. The Morgan fingerprint density at radius 1 is 1.24 bits per heavy atom. The standard InChI is InChI=1S/C16H13Cl2N3O5S3/c1-26-13(22)4-5-21-10-3-2-8(29(19,24)25)6-11(10)27-16(21)20-15(23)9-7-12(17)28-14(9)18/h2-3,6-7H,4-5H2,1H3,(H2,19,24,25). The van der Waals surface area contributed by atoms with Gasteiger partial charge in [-0.3, -0.25) is 9.59 Å². The number of primary sulfonamides is 1. The van der Waals surface area contributed by atoms with Gasteiger partial charge in [-0.15, -0.1) is 11.3 Å². The maximum absolute atomic E-state index is 12.6. The van der Waals surface area contributed by atoms with Gasteiger partial charge in [0.2, 0.25) is 10.0 Å². The average molecular weight is 494 g/mol. The number of methoxy groups -OCH3 is 1. The number of amides is 1. The van der Waals surface area contributed by atoms with Gasteiger partial charge in [-0.25, -0.2) is 13.6 Å². The number of fused-ring (bicyclic) bond motifs is 1. The van der Waals surface area contributed by atoms with Crippen LogP contribution >= 0.6 is 45.9 Å². The van der Waals surface area contributed by atoms with Crippen LogP contribution in [0.1, 0.15) is 16.8 Å². The van der Waals surface area contributed by atoms with Crippen molar-refractivity contribution in [3.63, 3.8) is 0 Å². The number of nitrogens with zero attached hydrogens (tertiary/aromatic N) is 2. The maximum Gasteiger partial charge on any atom is 0.307 e. The number of halogens is 2. The van der Waals surface area contributed by atoms with Crippen LogP contribution in [-0.2, 0) is 26.1 Å². The van der Waals surface area contributed by atoms with Gasteiger partial charge in [-0.2, -0.15) is 4.99 Å². The molecule has 3 rings (SSSR count). The number of hydrogen-bond acceptors (Lipinski definition) is 7. The predicted molar refractivity (Wildman–Crippen MR) is 112 cm³/mol. The number of thiophene rings is 1. The first-order chi connectivity index (χ1) is 13.6. The van der Waals surface area contributed by atoms with Gasteiger partial charge in [0, 0.05) is 6.54 Å². The van der Waals surface area contributed by atoms with Crippen LogP contribution in [-0.4, -0.2) is 32.0 Å². The van der Waals surface area contributed by atoms with E-state index in [2.05, 4.69) is 9.73 Å². The molecule has 0 unspecified atom stereocenters. The van der Waals surface area contributed by atoms with Crippen LogP contribution in [0, 0.1) is 0 Å². The summed E-state index contributed by atoms with van der Waals surface area (Å²) >= 11 is 14.0. The maximum atomic E-state index is 12.6. The Bertz CT molecular complexity index is 1290. The normalized spacial score (nSPS) is 12.5. The second-order valence-electron chi connectivity index (χ2n) is 5.69. The van der Waals surface area contributed by atoms with E-state index in [4.69, 9.17) is 28.3 Å². The van der Waals surface area contributed by atoms with E-state index in [-0.39, 0.29) is 32.6 Å². The first kappa shape index (κ1) is 21.9. The van der Waals surface area contributed by atoms with Crippen LogP contribution in [0.3, 0.4) is 0 Å². The van der Waals surface area contributed by atoms with Crippen LogP contribution in [0.2, 0.25) is 8.67 Å². The molecular weight excluding hydrogens is 481 g/mol. The number of aryl methyl sites for hydroxylation is 1. The first-order valence-electron chi connectivity index (χ1n) is 7.87. The van der Waals surface area contributed by atoms with E-state index in [1.54, 1.807) is 10.6 Å². The zero-order chi connectivity index (χ0) is 21.3. The fourth-order valence-corrected chi connectivity index (χ4v) is 5.63. The molecule has 0 saturated heterocycles. The van der Waals surface area contributed by atoms with E-state index in [0.29, 0.717) is 14.6 Å². The quantitative estimate of drug-likeness (QED) is 0.547. The van der Waals surface area contributed by atoms with Crippen molar-refractivity contribution in [2.45, 2.75) is 17.9 Å². The van der Waals surface area contributed by atoms with Gasteiger partial charge in [0.15, 0.2) is 4.80 Å². The van der Waals surface area contributed by atoms with E-state index in [9.17, 15) is 18.0 Å². The molecule has 0 aliphatic rings. The number of ether oxygens (including phenoxy) is 1. The number of rotatable bonds is 5. The highest BCUT2D eigenvalue weighted by Gasteiger charge is 2.17. The van der Waals surface area contributed by atoms with Crippen LogP contribution in [0.15, 0.2) is 34.2 Å². The molecule has 1 aromatic carbocycles. The Balaban J connectivity index is 2.16.